The molecule has 0 unspecified atom stereocenters. The summed E-state index contributed by atoms with van der Waals surface area (Å²) in [5, 5.41) is 20.7. The van der Waals surface area contributed by atoms with Gasteiger partial charge in [0, 0.05) is 16.6 Å². The van der Waals surface area contributed by atoms with Gasteiger partial charge < -0.3 is 9.67 Å². The van der Waals surface area contributed by atoms with E-state index in [9.17, 15) is 9.90 Å². The van der Waals surface area contributed by atoms with E-state index < -0.39 is 5.91 Å². The molecule has 0 aliphatic heterocycles. The fraction of sp³-hybridized carbons (Fsp3) is 0.261. The molecule has 6 heteroatoms. The molecule has 2 aromatic carbocycles. The number of benzene rings is 2. The van der Waals surface area contributed by atoms with E-state index in [0.717, 1.165) is 40.3 Å². The minimum Gasteiger partial charge on any atom is -0.493 e. The molecule has 1 N–H and O–H groups in total. The predicted molar refractivity (Wildman–Crippen MR) is 118 cm³/mol. The van der Waals surface area contributed by atoms with Crippen molar-refractivity contribution in [3.8, 4) is 5.88 Å². The number of para-hydroxylation sites is 1. The Kier molecular flexibility index (Phi) is 5.71. The van der Waals surface area contributed by atoms with Gasteiger partial charge in [0.1, 0.15) is 0 Å². The van der Waals surface area contributed by atoms with Gasteiger partial charge >= 0.3 is 5.91 Å². The minimum atomic E-state index is -0.398. The molecule has 4 aromatic rings. The lowest BCUT2D eigenvalue weighted by Gasteiger charge is -2.06. The second-order valence-electron chi connectivity index (χ2n) is 7.06. The second kappa shape index (κ2) is 8.57. The van der Waals surface area contributed by atoms with Crippen molar-refractivity contribution >= 4 is 43.9 Å². The maximum absolute atomic E-state index is 12.5. The number of carbonyl (C=O) groups is 1. The lowest BCUT2D eigenvalue weighted by molar-refractivity contribution is 0.0999. The average molecular weight is 406 g/mol. The zero-order valence-corrected chi connectivity index (χ0v) is 17.2. The van der Waals surface area contributed by atoms with Crippen molar-refractivity contribution < 1.29 is 9.90 Å². The van der Waals surface area contributed by atoms with Crippen LogP contribution in [0.1, 0.15) is 42.3 Å². The zero-order chi connectivity index (χ0) is 20.2. The third-order valence-corrected chi connectivity index (χ3v) is 6.13. The van der Waals surface area contributed by atoms with E-state index in [4.69, 9.17) is 0 Å². The van der Waals surface area contributed by atoms with Crippen LogP contribution in [0.5, 0.6) is 5.88 Å². The summed E-state index contributed by atoms with van der Waals surface area (Å²) in [6.45, 7) is 2.89. The topological polar surface area (TPSA) is 66.9 Å². The van der Waals surface area contributed by atoms with Crippen LogP contribution in [0.2, 0.25) is 0 Å². The maximum atomic E-state index is 12.5. The number of thiophene rings is 1. The molecule has 148 valence electrons. The Balaban J connectivity index is 1.63. The SMILES string of the molecule is CCCCCCn1c(O)c(N=NC(=O)c2cc3ccccc3s2)c2ccccc21. The molecular formula is C23H23N3O2S. The number of aromatic hydroxyl groups is 1. The second-order valence-corrected chi connectivity index (χ2v) is 8.14. The monoisotopic (exact) mass is 405 g/mol. The number of hydrogen-bond acceptors (Lipinski definition) is 4. The van der Waals surface area contributed by atoms with Crippen molar-refractivity contribution in [1.82, 2.24) is 4.57 Å². The molecule has 0 saturated heterocycles. The summed E-state index contributed by atoms with van der Waals surface area (Å²) >= 11 is 1.40. The number of amides is 1. The highest BCUT2D eigenvalue weighted by atomic mass is 32.1. The smallest absolute Gasteiger partial charge is 0.305 e. The molecule has 29 heavy (non-hydrogen) atoms. The first-order chi connectivity index (χ1) is 14.2. The molecule has 0 radical (unpaired) electrons. The molecule has 0 aliphatic carbocycles. The molecule has 2 aromatic heterocycles. The third-order valence-electron chi connectivity index (χ3n) is 5.03. The van der Waals surface area contributed by atoms with E-state index in [1.54, 1.807) is 0 Å². The first-order valence-electron chi connectivity index (χ1n) is 9.94. The fourth-order valence-electron chi connectivity index (χ4n) is 3.53. The zero-order valence-electron chi connectivity index (χ0n) is 16.3. The van der Waals surface area contributed by atoms with Gasteiger partial charge in [0.25, 0.3) is 0 Å². The van der Waals surface area contributed by atoms with Crippen LogP contribution < -0.4 is 0 Å². The van der Waals surface area contributed by atoms with Gasteiger partial charge in [-0.05, 0) is 30.0 Å². The Labute approximate surface area is 173 Å². The van der Waals surface area contributed by atoms with Gasteiger partial charge in [0.05, 0.1) is 10.4 Å². The van der Waals surface area contributed by atoms with E-state index >= 15 is 0 Å². The van der Waals surface area contributed by atoms with Crippen LogP contribution in [0.4, 0.5) is 5.69 Å². The van der Waals surface area contributed by atoms with Crippen LogP contribution in [0.3, 0.4) is 0 Å². The highest BCUT2D eigenvalue weighted by Gasteiger charge is 2.17. The van der Waals surface area contributed by atoms with E-state index in [-0.39, 0.29) is 5.88 Å². The summed E-state index contributed by atoms with van der Waals surface area (Å²) in [5.74, 6) is -0.332. The number of hydrogen-bond donors (Lipinski definition) is 1. The Morgan fingerprint density at radius 2 is 1.86 bits per heavy atom. The van der Waals surface area contributed by atoms with Gasteiger partial charge in [-0.2, -0.15) is 0 Å². The standard InChI is InChI=1S/C23H23N3O2S/c1-2-3-4-9-14-26-18-12-7-6-11-17(18)21(23(26)28)24-25-22(27)20-15-16-10-5-8-13-19(16)29-20/h5-8,10-13,15,28H,2-4,9,14H2,1H3. The van der Waals surface area contributed by atoms with Crippen molar-refractivity contribution in [3.05, 3.63) is 59.5 Å². The van der Waals surface area contributed by atoms with Crippen molar-refractivity contribution in [2.45, 2.75) is 39.2 Å². The van der Waals surface area contributed by atoms with E-state index in [2.05, 4.69) is 17.2 Å². The van der Waals surface area contributed by atoms with Crippen LogP contribution in [0.25, 0.3) is 21.0 Å². The molecular weight excluding hydrogens is 382 g/mol. The van der Waals surface area contributed by atoms with Gasteiger partial charge in [-0.25, -0.2) is 0 Å². The summed E-state index contributed by atoms with van der Waals surface area (Å²) in [7, 11) is 0. The number of nitrogens with zero attached hydrogens (tertiary/aromatic N) is 3. The molecule has 0 fully saturated rings. The quantitative estimate of drug-likeness (QED) is 0.264. The first kappa shape index (κ1) is 19.3. The van der Waals surface area contributed by atoms with Gasteiger partial charge in [0.15, 0.2) is 5.69 Å². The summed E-state index contributed by atoms with van der Waals surface area (Å²) < 4.78 is 2.90. The number of unbranched alkanes of at least 4 members (excludes halogenated alkanes) is 3. The lowest BCUT2D eigenvalue weighted by atomic mass is 10.2. The molecule has 0 atom stereocenters. The number of carbonyl (C=O) groups excluding carboxylic acids is 1. The Bertz CT molecular complexity index is 1160. The van der Waals surface area contributed by atoms with Crippen LogP contribution in [-0.2, 0) is 6.54 Å². The molecule has 5 nitrogen and oxygen atoms in total. The molecule has 0 aliphatic rings. The van der Waals surface area contributed by atoms with Gasteiger partial charge in [-0.3, -0.25) is 4.79 Å². The van der Waals surface area contributed by atoms with E-state index in [0.29, 0.717) is 17.1 Å². The number of rotatable bonds is 7. The highest BCUT2D eigenvalue weighted by molar-refractivity contribution is 7.20. The first-order valence-corrected chi connectivity index (χ1v) is 10.8. The maximum Gasteiger partial charge on any atom is 0.305 e. The van der Waals surface area contributed by atoms with Crippen molar-refractivity contribution in [3.63, 3.8) is 0 Å². The fourth-order valence-corrected chi connectivity index (χ4v) is 4.47. The summed E-state index contributed by atoms with van der Waals surface area (Å²) in [6, 6.07) is 17.4. The average Bonchev–Trinajstić information content (AvgIpc) is 3.29. The van der Waals surface area contributed by atoms with Gasteiger partial charge in [-0.15, -0.1) is 21.6 Å². The van der Waals surface area contributed by atoms with Crippen molar-refractivity contribution in [2.24, 2.45) is 10.2 Å². The van der Waals surface area contributed by atoms with Gasteiger partial charge in [0.2, 0.25) is 5.88 Å². The van der Waals surface area contributed by atoms with Crippen LogP contribution in [0, 0.1) is 0 Å². The number of aromatic nitrogens is 1. The van der Waals surface area contributed by atoms with Crippen LogP contribution in [0.15, 0.2) is 64.8 Å². The molecule has 2 heterocycles. The van der Waals surface area contributed by atoms with Crippen molar-refractivity contribution in [1.29, 1.82) is 0 Å². The minimum absolute atomic E-state index is 0.0654. The Morgan fingerprint density at radius 3 is 2.69 bits per heavy atom. The third kappa shape index (κ3) is 3.93. The van der Waals surface area contributed by atoms with E-state index in [1.807, 2.05) is 59.2 Å². The highest BCUT2D eigenvalue weighted by Crippen LogP contribution is 2.39. The molecule has 0 spiro atoms. The predicted octanol–water partition coefficient (Wildman–Crippen LogP) is 7.07. The molecule has 0 bridgehead atoms. The van der Waals surface area contributed by atoms with Crippen molar-refractivity contribution in [2.75, 3.05) is 0 Å². The van der Waals surface area contributed by atoms with Gasteiger partial charge in [-0.1, -0.05) is 62.6 Å². The normalized spacial score (nSPS) is 11.8. The van der Waals surface area contributed by atoms with Crippen LogP contribution in [-0.4, -0.2) is 15.6 Å². The summed E-state index contributed by atoms with van der Waals surface area (Å²) in [6.07, 6.45) is 4.44. The summed E-state index contributed by atoms with van der Waals surface area (Å²) in [5.41, 5.74) is 1.26. The number of aryl methyl sites for hydroxylation is 1. The number of fused-ring (bicyclic) bond motifs is 2. The Morgan fingerprint density at radius 1 is 1.07 bits per heavy atom. The number of azo groups is 1. The molecule has 0 saturated carbocycles. The lowest BCUT2D eigenvalue weighted by Crippen LogP contribution is -1.97. The van der Waals surface area contributed by atoms with E-state index in [1.165, 1.54) is 17.8 Å². The molecule has 4 rings (SSSR count). The van der Waals surface area contributed by atoms with Crippen LogP contribution >= 0.6 is 11.3 Å². The Hall–Kier alpha value is -2.99. The summed E-state index contributed by atoms with van der Waals surface area (Å²) in [4.78, 5) is 13.1. The molecule has 1 amide bonds. The largest absolute Gasteiger partial charge is 0.493 e.